The lowest BCUT2D eigenvalue weighted by atomic mass is 9.96. The van der Waals surface area contributed by atoms with Crippen molar-refractivity contribution < 1.29 is 9.18 Å². The van der Waals surface area contributed by atoms with Gasteiger partial charge in [0.05, 0.1) is 11.1 Å². The number of aromatic nitrogens is 4. The Morgan fingerprint density at radius 1 is 1.35 bits per heavy atom. The number of nitrogens with one attached hydrogen (secondary N) is 1. The molecule has 2 heterocycles. The molecular formula is C17H17ClFN5O2. The van der Waals surface area contributed by atoms with Crippen molar-refractivity contribution >= 4 is 23.2 Å². The van der Waals surface area contributed by atoms with Crippen molar-refractivity contribution in [2.45, 2.75) is 26.4 Å². The van der Waals surface area contributed by atoms with Gasteiger partial charge in [-0.25, -0.2) is 13.9 Å². The van der Waals surface area contributed by atoms with Gasteiger partial charge < -0.3 is 5.32 Å². The van der Waals surface area contributed by atoms with Crippen LogP contribution in [-0.2, 0) is 11.3 Å². The minimum atomic E-state index is -0.549. The molecule has 0 aliphatic rings. The zero-order chi connectivity index (χ0) is 18.8. The minimum absolute atomic E-state index is 0.000942. The van der Waals surface area contributed by atoms with Crippen molar-refractivity contribution in [1.82, 2.24) is 24.7 Å². The van der Waals surface area contributed by atoms with Crippen LogP contribution in [0.15, 0.2) is 41.3 Å². The largest absolute Gasteiger partial charge is 0.367 e. The van der Waals surface area contributed by atoms with E-state index in [4.69, 9.17) is 11.6 Å². The second-order valence-electron chi connectivity index (χ2n) is 6.20. The number of hydrogen-bond donors (Lipinski definition) is 1. The summed E-state index contributed by atoms with van der Waals surface area (Å²) < 4.78 is 15.9. The second kappa shape index (κ2) is 7.25. The van der Waals surface area contributed by atoms with E-state index in [1.165, 1.54) is 18.3 Å². The topological polar surface area (TPSA) is 81.3 Å². The van der Waals surface area contributed by atoms with Crippen molar-refractivity contribution in [3.05, 3.63) is 63.4 Å². The molecule has 0 aliphatic heterocycles. The molecule has 0 saturated heterocycles. The van der Waals surface area contributed by atoms with Gasteiger partial charge in [0.25, 0.3) is 0 Å². The van der Waals surface area contributed by atoms with Gasteiger partial charge in [0, 0.05) is 6.20 Å². The normalized spacial score (nSPS) is 12.5. The van der Waals surface area contributed by atoms with E-state index >= 15 is 0 Å². The molecule has 0 aliphatic carbocycles. The summed E-state index contributed by atoms with van der Waals surface area (Å²) in [5.41, 5.74) is 0.444. The fraction of sp³-hybridized carbons (Fsp3) is 0.294. The van der Waals surface area contributed by atoms with Crippen LogP contribution in [0.5, 0.6) is 0 Å². The first-order chi connectivity index (χ1) is 12.4. The molecule has 2 aromatic heterocycles. The van der Waals surface area contributed by atoms with Crippen molar-refractivity contribution in [3.8, 4) is 0 Å². The first kappa shape index (κ1) is 18.1. The fourth-order valence-electron chi connectivity index (χ4n) is 2.66. The number of benzene rings is 1. The zero-order valence-electron chi connectivity index (χ0n) is 14.2. The summed E-state index contributed by atoms with van der Waals surface area (Å²) in [7, 11) is 0. The van der Waals surface area contributed by atoms with Crippen LogP contribution in [0.2, 0.25) is 5.02 Å². The Morgan fingerprint density at radius 2 is 2.12 bits per heavy atom. The van der Waals surface area contributed by atoms with Crippen LogP contribution in [0.1, 0.15) is 25.5 Å². The molecule has 0 bridgehead atoms. The van der Waals surface area contributed by atoms with Crippen molar-refractivity contribution in [1.29, 1.82) is 0 Å². The highest BCUT2D eigenvalue weighted by Gasteiger charge is 2.21. The fourth-order valence-corrected chi connectivity index (χ4v) is 2.78. The summed E-state index contributed by atoms with van der Waals surface area (Å²) in [6.45, 7) is 3.54. The van der Waals surface area contributed by atoms with Crippen LogP contribution in [0, 0.1) is 11.7 Å². The van der Waals surface area contributed by atoms with Gasteiger partial charge in [0.1, 0.15) is 12.4 Å². The standard InChI is InChI=1S/C17H17ClFN5O2/c1-10(2)16(11-5-6-12(18)13(19)8-11)21-15(25)9-23-17(26)24-14(22-23)4-3-7-20-24/h3-8,10,16H,9H2,1-2H3,(H,21,25)/t16-/m0/s1. The van der Waals surface area contributed by atoms with Gasteiger partial charge in [0.2, 0.25) is 5.91 Å². The SMILES string of the molecule is CC(C)[C@H](NC(=O)Cn1nc2cccnn2c1=O)c1ccc(Cl)c(F)c1. The molecule has 0 spiro atoms. The molecule has 1 aromatic carbocycles. The smallest absolute Gasteiger partial charge is 0.347 e. The summed E-state index contributed by atoms with van der Waals surface area (Å²) in [5, 5.41) is 10.8. The number of carbonyl (C=O) groups is 1. The lowest BCUT2D eigenvalue weighted by molar-refractivity contribution is -0.123. The molecule has 1 atom stereocenters. The highest BCUT2D eigenvalue weighted by atomic mass is 35.5. The van der Waals surface area contributed by atoms with Crippen LogP contribution in [0.25, 0.3) is 5.65 Å². The van der Waals surface area contributed by atoms with Gasteiger partial charge >= 0.3 is 5.69 Å². The molecule has 9 heteroatoms. The van der Waals surface area contributed by atoms with Gasteiger partial charge in [0.15, 0.2) is 5.65 Å². The third-order valence-electron chi connectivity index (χ3n) is 3.93. The minimum Gasteiger partial charge on any atom is -0.347 e. The van der Waals surface area contributed by atoms with Gasteiger partial charge in [-0.15, -0.1) is 5.10 Å². The Balaban J connectivity index is 1.80. The average Bonchev–Trinajstić information content (AvgIpc) is 2.91. The van der Waals surface area contributed by atoms with Crippen LogP contribution in [0.4, 0.5) is 4.39 Å². The first-order valence-corrected chi connectivity index (χ1v) is 8.40. The van der Waals surface area contributed by atoms with Gasteiger partial charge in [-0.3, -0.25) is 4.79 Å². The Morgan fingerprint density at radius 3 is 2.77 bits per heavy atom. The number of rotatable bonds is 5. The quantitative estimate of drug-likeness (QED) is 0.739. The number of nitrogens with zero attached hydrogens (tertiary/aromatic N) is 4. The predicted molar refractivity (Wildman–Crippen MR) is 94.4 cm³/mol. The second-order valence-corrected chi connectivity index (χ2v) is 6.60. The lowest BCUT2D eigenvalue weighted by Crippen LogP contribution is -2.37. The Hall–Kier alpha value is -2.74. The number of fused-ring (bicyclic) bond motifs is 1. The van der Waals surface area contributed by atoms with E-state index < -0.39 is 23.5 Å². The van der Waals surface area contributed by atoms with Crippen LogP contribution in [0.3, 0.4) is 0 Å². The molecule has 0 radical (unpaired) electrons. The number of amides is 1. The number of carbonyl (C=O) groups excluding carboxylic acids is 1. The van der Waals surface area contributed by atoms with Crippen LogP contribution >= 0.6 is 11.6 Å². The van der Waals surface area contributed by atoms with Crippen LogP contribution < -0.4 is 11.0 Å². The van der Waals surface area contributed by atoms with E-state index in [9.17, 15) is 14.0 Å². The number of hydrogen-bond acceptors (Lipinski definition) is 4. The molecule has 3 rings (SSSR count). The Kier molecular flexibility index (Phi) is 5.03. The number of halogens is 2. The van der Waals surface area contributed by atoms with E-state index in [0.29, 0.717) is 11.2 Å². The van der Waals surface area contributed by atoms with Gasteiger partial charge in [-0.1, -0.05) is 31.5 Å². The molecular weight excluding hydrogens is 361 g/mol. The van der Waals surface area contributed by atoms with Crippen molar-refractivity contribution in [2.24, 2.45) is 5.92 Å². The molecule has 3 aromatic rings. The summed E-state index contributed by atoms with van der Waals surface area (Å²) in [6.07, 6.45) is 1.46. The molecule has 0 saturated carbocycles. The molecule has 0 unspecified atom stereocenters. The van der Waals surface area contributed by atoms with Gasteiger partial charge in [-0.05, 0) is 35.7 Å². The maximum Gasteiger partial charge on any atom is 0.367 e. The first-order valence-electron chi connectivity index (χ1n) is 8.02. The Bertz CT molecular complexity index is 1010. The third-order valence-corrected chi connectivity index (χ3v) is 4.24. The molecule has 0 fully saturated rings. The molecule has 136 valence electrons. The maximum atomic E-state index is 13.7. The highest BCUT2D eigenvalue weighted by Crippen LogP contribution is 2.25. The van der Waals surface area contributed by atoms with E-state index in [2.05, 4.69) is 15.5 Å². The molecule has 1 amide bonds. The lowest BCUT2D eigenvalue weighted by Gasteiger charge is -2.23. The Labute approximate surface area is 153 Å². The van der Waals surface area contributed by atoms with Crippen LogP contribution in [-0.4, -0.2) is 25.3 Å². The predicted octanol–water partition coefficient (Wildman–Crippen LogP) is 2.20. The maximum absolute atomic E-state index is 13.7. The van der Waals surface area contributed by atoms with E-state index in [-0.39, 0.29) is 17.5 Å². The average molecular weight is 378 g/mol. The zero-order valence-corrected chi connectivity index (χ0v) is 14.9. The van der Waals surface area contributed by atoms with Crippen molar-refractivity contribution in [2.75, 3.05) is 0 Å². The van der Waals surface area contributed by atoms with Crippen molar-refractivity contribution in [3.63, 3.8) is 0 Å². The van der Waals surface area contributed by atoms with E-state index in [1.54, 1.807) is 18.2 Å². The highest BCUT2D eigenvalue weighted by molar-refractivity contribution is 6.30. The summed E-state index contributed by atoms with van der Waals surface area (Å²) >= 11 is 5.72. The van der Waals surface area contributed by atoms with E-state index in [0.717, 1.165) is 9.20 Å². The molecule has 7 nitrogen and oxygen atoms in total. The van der Waals surface area contributed by atoms with Gasteiger partial charge in [-0.2, -0.15) is 9.61 Å². The monoisotopic (exact) mass is 377 g/mol. The molecule has 1 N–H and O–H groups in total. The molecule has 26 heavy (non-hydrogen) atoms. The summed E-state index contributed by atoms with van der Waals surface area (Å²) in [6, 6.07) is 7.25. The van der Waals surface area contributed by atoms with E-state index in [1.807, 2.05) is 13.8 Å². The summed E-state index contributed by atoms with van der Waals surface area (Å²) in [5.74, 6) is -0.963. The summed E-state index contributed by atoms with van der Waals surface area (Å²) in [4.78, 5) is 24.6. The third kappa shape index (κ3) is 3.60.